The topological polar surface area (TPSA) is 158 Å². The van der Waals surface area contributed by atoms with Crippen LogP contribution in [0.15, 0.2) is 12.7 Å². The molecular weight excluding hydrogens is 534 g/mol. The predicted octanol–water partition coefficient (Wildman–Crippen LogP) is 1.26. The standard InChI is InChI=1S/C27H41NO10.ClH/c1-9-24(5)12-17(31)27(34)25(6)16(30)10-11-23(3,4)21(25)20(22(36-15(2)29)26(27,7)38-24)37-19(33)14-35-18(32)13-28-8;/h9,16,20-22,28,30,34H,1,10-14H2,2-8H3;1H/t16-,20-,21-,22-,24-,25-,26+,27-;/m0./s1. The number of aliphatic hydroxyl groups excluding tert-OH is 1. The van der Waals surface area contributed by atoms with Gasteiger partial charge >= 0.3 is 17.9 Å². The van der Waals surface area contributed by atoms with Crippen molar-refractivity contribution in [3.63, 3.8) is 0 Å². The van der Waals surface area contributed by atoms with Gasteiger partial charge in [-0.3, -0.25) is 14.4 Å². The lowest BCUT2D eigenvalue weighted by atomic mass is 9.39. The van der Waals surface area contributed by atoms with E-state index in [9.17, 15) is 29.4 Å². The number of likely N-dealkylation sites (N-methyl/N-ethyl adjacent to an activating group) is 1. The monoisotopic (exact) mass is 575 g/mol. The highest BCUT2D eigenvalue weighted by Gasteiger charge is 2.82. The molecule has 3 rings (SSSR count). The maximum Gasteiger partial charge on any atom is 0.344 e. The Morgan fingerprint density at radius 3 is 2.31 bits per heavy atom. The number of hydrogen-bond donors (Lipinski definition) is 3. The SMILES string of the molecule is C=C[C@@]1(C)CC(=O)[C@]2(O)[C@@]3(C)[C@@H](O)CCC(C)(C)[C@@H]3[C@H](OC(=O)COC(=O)CNC)[C@H](OC(C)=O)[C@@]2(C)O1.Cl. The van der Waals surface area contributed by atoms with Crippen LogP contribution in [0, 0.1) is 16.7 Å². The molecule has 2 aliphatic carbocycles. The van der Waals surface area contributed by atoms with E-state index in [1.165, 1.54) is 13.0 Å². The van der Waals surface area contributed by atoms with Gasteiger partial charge in [-0.2, -0.15) is 0 Å². The van der Waals surface area contributed by atoms with Gasteiger partial charge < -0.3 is 34.5 Å². The summed E-state index contributed by atoms with van der Waals surface area (Å²) in [6.07, 6.45) is -1.96. The van der Waals surface area contributed by atoms with Crippen LogP contribution in [0.4, 0.5) is 0 Å². The van der Waals surface area contributed by atoms with Crippen molar-refractivity contribution < 1.29 is 48.3 Å². The molecule has 3 fully saturated rings. The van der Waals surface area contributed by atoms with Crippen LogP contribution in [0.1, 0.15) is 60.8 Å². The number of aliphatic hydroxyl groups is 2. The van der Waals surface area contributed by atoms with Crippen molar-refractivity contribution in [2.45, 2.75) is 95.9 Å². The number of nitrogens with one attached hydrogen (secondary N) is 1. The third kappa shape index (κ3) is 5.12. The predicted molar refractivity (Wildman–Crippen MR) is 141 cm³/mol. The Hall–Kier alpha value is -2.05. The first-order valence-corrected chi connectivity index (χ1v) is 12.9. The van der Waals surface area contributed by atoms with Gasteiger partial charge in [0.2, 0.25) is 0 Å². The minimum atomic E-state index is -2.33. The summed E-state index contributed by atoms with van der Waals surface area (Å²) in [6.45, 7) is 12.5. The summed E-state index contributed by atoms with van der Waals surface area (Å²) >= 11 is 0. The molecule has 12 heteroatoms. The summed E-state index contributed by atoms with van der Waals surface area (Å²) in [4.78, 5) is 51.2. The normalized spacial score (nSPS) is 40.7. The van der Waals surface area contributed by atoms with Crippen molar-refractivity contribution in [2.24, 2.45) is 16.7 Å². The maximum absolute atomic E-state index is 13.9. The largest absolute Gasteiger partial charge is 0.455 e. The van der Waals surface area contributed by atoms with Crippen LogP contribution >= 0.6 is 12.4 Å². The fraction of sp³-hybridized carbons (Fsp3) is 0.778. The minimum Gasteiger partial charge on any atom is -0.455 e. The van der Waals surface area contributed by atoms with Crippen LogP contribution in [0.5, 0.6) is 0 Å². The zero-order valence-corrected chi connectivity index (χ0v) is 24.5. The second kappa shape index (κ2) is 11.1. The highest BCUT2D eigenvalue weighted by molar-refractivity contribution is 5.92. The van der Waals surface area contributed by atoms with Crippen molar-refractivity contribution in [1.82, 2.24) is 5.32 Å². The molecule has 11 nitrogen and oxygen atoms in total. The Balaban J connectivity index is 0.00000533. The molecular formula is C27H42ClNO10. The van der Waals surface area contributed by atoms with Gasteiger partial charge in [0.1, 0.15) is 11.7 Å². The fourth-order valence-corrected chi connectivity index (χ4v) is 7.26. The molecule has 0 unspecified atom stereocenters. The van der Waals surface area contributed by atoms with E-state index in [0.29, 0.717) is 6.42 Å². The average molecular weight is 576 g/mol. The molecule has 0 amide bonds. The van der Waals surface area contributed by atoms with Gasteiger partial charge in [0.25, 0.3) is 0 Å². The van der Waals surface area contributed by atoms with E-state index in [0.717, 1.165) is 6.92 Å². The van der Waals surface area contributed by atoms with Crippen LogP contribution in [-0.2, 0) is 38.1 Å². The third-order valence-corrected chi connectivity index (χ3v) is 8.93. The Labute approximate surface area is 235 Å². The van der Waals surface area contributed by atoms with Gasteiger partial charge in [-0.25, -0.2) is 4.79 Å². The number of halogens is 1. The summed E-state index contributed by atoms with van der Waals surface area (Å²) in [5, 5.41) is 26.6. The van der Waals surface area contributed by atoms with E-state index in [4.69, 9.17) is 18.9 Å². The van der Waals surface area contributed by atoms with Crippen molar-refractivity contribution in [2.75, 3.05) is 20.2 Å². The summed E-state index contributed by atoms with van der Waals surface area (Å²) in [5.74, 6) is -3.80. The number of carbonyl (C=O) groups is 4. The molecule has 0 aromatic heterocycles. The smallest absolute Gasteiger partial charge is 0.344 e. The first-order valence-electron chi connectivity index (χ1n) is 12.9. The summed E-state index contributed by atoms with van der Waals surface area (Å²) in [5.41, 5.74) is -7.80. The molecule has 0 aromatic rings. The van der Waals surface area contributed by atoms with E-state index in [-0.39, 0.29) is 31.8 Å². The summed E-state index contributed by atoms with van der Waals surface area (Å²) in [7, 11) is 1.55. The van der Waals surface area contributed by atoms with Gasteiger partial charge in [-0.1, -0.05) is 26.8 Å². The molecule has 0 radical (unpaired) electrons. The van der Waals surface area contributed by atoms with Crippen molar-refractivity contribution in [3.8, 4) is 0 Å². The van der Waals surface area contributed by atoms with Crippen LogP contribution in [0.3, 0.4) is 0 Å². The van der Waals surface area contributed by atoms with Crippen molar-refractivity contribution in [1.29, 1.82) is 0 Å². The van der Waals surface area contributed by atoms with Crippen molar-refractivity contribution >= 4 is 36.1 Å². The molecule has 3 aliphatic rings. The first kappa shape index (κ1) is 33.2. The quantitative estimate of drug-likeness (QED) is 0.228. The Bertz CT molecular complexity index is 1020. The van der Waals surface area contributed by atoms with Gasteiger partial charge in [-0.15, -0.1) is 19.0 Å². The van der Waals surface area contributed by atoms with E-state index in [2.05, 4.69) is 11.9 Å². The van der Waals surface area contributed by atoms with E-state index < -0.39 is 82.2 Å². The van der Waals surface area contributed by atoms with E-state index in [1.807, 2.05) is 13.8 Å². The van der Waals surface area contributed by atoms with E-state index in [1.54, 1.807) is 20.9 Å². The number of carbonyl (C=O) groups excluding carboxylic acids is 4. The molecule has 8 atom stereocenters. The lowest BCUT2D eigenvalue weighted by Crippen LogP contribution is -2.87. The second-order valence-corrected chi connectivity index (χ2v) is 12.0. The molecule has 1 heterocycles. The summed E-state index contributed by atoms with van der Waals surface area (Å²) < 4.78 is 23.0. The number of hydrogen-bond acceptors (Lipinski definition) is 11. The maximum atomic E-state index is 13.9. The van der Waals surface area contributed by atoms with Gasteiger partial charge in [-0.05, 0) is 39.2 Å². The number of Topliss-reactive ketones (excluding diaryl/α,β-unsaturated/α-hetero) is 1. The van der Waals surface area contributed by atoms with Gasteiger partial charge in [0.15, 0.2) is 24.1 Å². The number of rotatable bonds is 7. The first-order chi connectivity index (χ1) is 17.4. The number of ketones is 1. The van der Waals surface area contributed by atoms with Crippen molar-refractivity contribution in [3.05, 3.63) is 12.7 Å². The number of ether oxygens (including phenoxy) is 4. The Morgan fingerprint density at radius 1 is 1.15 bits per heavy atom. The Morgan fingerprint density at radius 2 is 1.77 bits per heavy atom. The summed E-state index contributed by atoms with van der Waals surface area (Å²) in [6, 6.07) is 0. The molecule has 0 spiro atoms. The minimum absolute atomic E-state index is 0. The molecule has 39 heavy (non-hydrogen) atoms. The van der Waals surface area contributed by atoms with Crippen LogP contribution in [-0.4, -0.2) is 89.2 Å². The van der Waals surface area contributed by atoms with Crippen LogP contribution in [0.25, 0.3) is 0 Å². The molecule has 3 N–H and O–H groups in total. The molecule has 0 bridgehead atoms. The molecule has 1 aliphatic heterocycles. The molecule has 2 saturated carbocycles. The average Bonchev–Trinajstić information content (AvgIpc) is 2.81. The molecule has 0 aromatic carbocycles. The molecule has 222 valence electrons. The fourth-order valence-electron chi connectivity index (χ4n) is 7.26. The third-order valence-electron chi connectivity index (χ3n) is 8.93. The van der Waals surface area contributed by atoms with Crippen LogP contribution < -0.4 is 5.32 Å². The zero-order valence-electron chi connectivity index (χ0n) is 23.7. The van der Waals surface area contributed by atoms with Gasteiger partial charge in [0.05, 0.1) is 18.2 Å². The second-order valence-electron chi connectivity index (χ2n) is 12.0. The zero-order chi connectivity index (χ0) is 28.9. The van der Waals surface area contributed by atoms with Gasteiger partial charge in [0, 0.05) is 24.7 Å². The number of esters is 3. The molecule has 1 saturated heterocycles. The number of fused-ring (bicyclic) bond motifs is 3. The van der Waals surface area contributed by atoms with Crippen LogP contribution in [0.2, 0.25) is 0 Å². The lowest BCUT2D eigenvalue weighted by Gasteiger charge is -2.71. The Kier molecular flexibility index (Phi) is 9.42. The van der Waals surface area contributed by atoms with E-state index >= 15 is 0 Å². The highest BCUT2D eigenvalue weighted by atomic mass is 35.5. The highest BCUT2D eigenvalue weighted by Crippen LogP contribution is 2.67. The lowest BCUT2D eigenvalue weighted by molar-refractivity contribution is -0.371.